The average molecular weight is 880 g/mol. The van der Waals surface area contributed by atoms with Crippen LogP contribution in [0.4, 0.5) is 17.1 Å². The number of rotatable bonds is 9. The Hall–Kier alpha value is -8.98. The number of hydrogen-bond donors (Lipinski definition) is 0. The van der Waals surface area contributed by atoms with Gasteiger partial charge in [-0.25, -0.2) is 0 Å². The largest absolute Gasteiger partial charge is 0.455 e. The van der Waals surface area contributed by atoms with Crippen molar-refractivity contribution in [3.05, 3.63) is 295 Å². The first-order chi connectivity index (χ1) is 34.2. The van der Waals surface area contributed by atoms with Crippen molar-refractivity contribution in [2.75, 3.05) is 4.90 Å². The Balaban J connectivity index is 1.08. The van der Waals surface area contributed by atoms with Crippen LogP contribution in [0.3, 0.4) is 0 Å². The third-order valence-corrected chi connectivity index (χ3v) is 14.1. The zero-order chi connectivity index (χ0) is 45.7. The van der Waals surface area contributed by atoms with Crippen LogP contribution in [0, 0.1) is 0 Å². The van der Waals surface area contributed by atoms with Gasteiger partial charge in [-0.05, 0) is 127 Å². The fourth-order valence-corrected chi connectivity index (χ4v) is 11.0. The Morgan fingerprint density at radius 3 is 1.54 bits per heavy atom. The van der Waals surface area contributed by atoms with Gasteiger partial charge in [0.05, 0.1) is 16.5 Å². The van der Waals surface area contributed by atoms with Crippen LogP contribution >= 0.6 is 0 Å². The summed E-state index contributed by atoms with van der Waals surface area (Å²) in [5, 5.41) is 2.12. The molecule has 0 amide bonds. The normalized spacial score (nSPS) is 13.9. The van der Waals surface area contributed by atoms with Crippen LogP contribution in [0.1, 0.15) is 22.3 Å². The molecule has 1 atom stereocenters. The summed E-state index contributed by atoms with van der Waals surface area (Å²) in [5.41, 5.74) is 20.9. The lowest BCUT2D eigenvalue weighted by Crippen LogP contribution is -2.29. The molecular formula is C67H45NO. The molecule has 1 aliphatic carbocycles. The molecule has 0 bridgehead atoms. The van der Waals surface area contributed by atoms with Crippen LogP contribution in [0.5, 0.6) is 0 Å². The average Bonchev–Trinajstić information content (AvgIpc) is 3.96. The molecule has 1 heterocycles. The van der Waals surface area contributed by atoms with Crippen LogP contribution < -0.4 is 4.90 Å². The molecule has 0 saturated carbocycles. The van der Waals surface area contributed by atoms with Gasteiger partial charge in [-0.3, -0.25) is 0 Å². The van der Waals surface area contributed by atoms with Crippen molar-refractivity contribution in [1.29, 1.82) is 0 Å². The standard InChI is InChI=1S/C67H45NO/c1-6-20-46(21-7-1)49-36-39-55(40-37-49)68(63-34-19-35-64-65(63)60-43-52(48-24-10-3-11-25-48)42-59(66(60)69-64)50-26-12-4-13-27-50)56-31-18-30-54(45-56)67(53-28-14-5-15-29-53)61-33-17-16-32-57(61)58-41-38-51(44-62(58)67)47-22-8-2-9-23-47/h1-45H. The summed E-state index contributed by atoms with van der Waals surface area (Å²) in [6.07, 6.45) is 0. The van der Waals surface area contributed by atoms with E-state index < -0.39 is 5.41 Å². The fraction of sp³-hybridized carbons (Fsp3) is 0.0149. The van der Waals surface area contributed by atoms with Crippen molar-refractivity contribution < 1.29 is 4.42 Å². The van der Waals surface area contributed by atoms with E-state index in [9.17, 15) is 0 Å². The summed E-state index contributed by atoms with van der Waals surface area (Å²) in [5.74, 6) is 0. The molecule has 1 unspecified atom stereocenters. The Bertz CT molecular complexity index is 3810. The lowest BCUT2D eigenvalue weighted by atomic mass is 9.67. The highest BCUT2D eigenvalue weighted by molar-refractivity contribution is 6.17. The van der Waals surface area contributed by atoms with Gasteiger partial charge in [0, 0.05) is 22.3 Å². The molecule has 11 aromatic carbocycles. The molecule has 2 nitrogen and oxygen atoms in total. The number of fused-ring (bicyclic) bond motifs is 6. The maximum atomic E-state index is 7.05. The van der Waals surface area contributed by atoms with Crippen LogP contribution in [0.15, 0.2) is 277 Å². The summed E-state index contributed by atoms with van der Waals surface area (Å²) in [7, 11) is 0. The van der Waals surface area contributed by atoms with Gasteiger partial charge in [-0.2, -0.15) is 0 Å². The number of furan rings is 1. The predicted octanol–water partition coefficient (Wildman–Crippen LogP) is 18.1. The molecule has 69 heavy (non-hydrogen) atoms. The summed E-state index contributed by atoms with van der Waals surface area (Å²) < 4.78 is 7.05. The molecule has 0 radical (unpaired) electrons. The minimum atomic E-state index is -0.625. The quantitative estimate of drug-likeness (QED) is 0.144. The first-order valence-electron chi connectivity index (χ1n) is 23.7. The van der Waals surface area contributed by atoms with Crippen LogP contribution in [0.2, 0.25) is 0 Å². The lowest BCUT2D eigenvalue weighted by Gasteiger charge is -2.35. The maximum absolute atomic E-state index is 7.05. The monoisotopic (exact) mass is 879 g/mol. The van der Waals surface area contributed by atoms with Crippen LogP contribution in [-0.4, -0.2) is 0 Å². The highest BCUT2D eigenvalue weighted by atomic mass is 16.3. The molecule has 0 aliphatic heterocycles. The van der Waals surface area contributed by atoms with E-state index in [4.69, 9.17) is 4.42 Å². The van der Waals surface area contributed by atoms with E-state index in [1.54, 1.807) is 0 Å². The third kappa shape index (κ3) is 6.72. The van der Waals surface area contributed by atoms with E-state index in [1.165, 1.54) is 50.1 Å². The summed E-state index contributed by atoms with van der Waals surface area (Å²) in [6, 6.07) is 99.3. The molecule has 1 aromatic heterocycles. The molecule has 0 N–H and O–H groups in total. The molecule has 0 spiro atoms. The minimum Gasteiger partial charge on any atom is -0.455 e. The number of benzene rings is 11. The van der Waals surface area contributed by atoms with Crippen LogP contribution in [0.25, 0.3) is 77.6 Å². The van der Waals surface area contributed by atoms with Gasteiger partial charge in [0.25, 0.3) is 0 Å². The summed E-state index contributed by atoms with van der Waals surface area (Å²) >= 11 is 0. The maximum Gasteiger partial charge on any atom is 0.143 e. The topological polar surface area (TPSA) is 16.4 Å². The second kappa shape index (κ2) is 16.7. The van der Waals surface area contributed by atoms with Crippen molar-refractivity contribution in [2.45, 2.75) is 5.41 Å². The van der Waals surface area contributed by atoms with Gasteiger partial charge in [0.2, 0.25) is 0 Å². The van der Waals surface area contributed by atoms with Gasteiger partial charge in [0.1, 0.15) is 11.2 Å². The fourth-order valence-electron chi connectivity index (χ4n) is 11.0. The predicted molar refractivity (Wildman–Crippen MR) is 287 cm³/mol. The molecule has 0 saturated heterocycles. The molecule has 2 heteroatoms. The highest BCUT2D eigenvalue weighted by Crippen LogP contribution is 2.58. The Morgan fingerprint density at radius 1 is 0.304 bits per heavy atom. The number of hydrogen-bond acceptors (Lipinski definition) is 2. The molecule has 1 aliphatic rings. The van der Waals surface area contributed by atoms with Crippen molar-refractivity contribution in [1.82, 2.24) is 0 Å². The van der Waals surface area contributed by atoms with Crippen molar-refractivity contribution in [3.63, 3.8) is 0 Å². The Kier molecular flexibility index (Phi) is 9.77. The summed E-state index contributed by atoms with van der Waals surface area (Å²) in [4.78, 5) is 2.44. The van der Waals surface area contributed by atoms with E-state index in [1.807, 2.05) is 0 Å². The van der Waals surface area contributed by atoms with Gasteiger partial charge >= 0.3 is 0 Å². The van der Waals surface area contributed by atoms with Crippen molar-refractivity contribution in [3.8, 4) is 55.6 Å². The van der Waals surface area contributed by atoms with E-state index in [0.29, 0.717) is 0 Å². The zero-order valence-electron chi connectivity index (χ0n) is 37.8. The van der Waals surface area contributed by atoms with E-state index >= 15 is 0 Å². The second-order valence-electron chi connectivity index (χ2n) is 18.0. The van der Waals surface area contributed by atoms with Gasteiger partial charge < -0.3 is 9.32 Å². The van der Waals surface area contributed by atoms with E-state index in [0.717, 1.165) is 66.8 Å². The molecule has 12 aromatic rings. The SMILES string of the molecule is c1ccc(-c2ccc(N(c3cccc(C4(c5ccccc5)c5ccccc5-c5ccc(-c6ccccc6)cc54)c3)c3cccc4oc5c(-c6ccccc6)cc(-c6ccccc6)cc5c34)cc2)cc1. The molecule has 0 fully saturated rings. The Labute approximate surface area is 402 Å². The third-order valence-electron chi connectivity index (χ3n) is 14.1. The highest BCUT2D eigenvalue weighted by Gasteiger charge is 2.46. The molecular weight excluding hydrogens is 835 g/mol. The first kappa shape index (κ1) is 40.3. The van der Waals surface area contributed by atoms with E-state index in [-0.39, 0.29) is 0 Å². The zero-order valence-corrected chi connectivity index (χ0v) is 37.8. The van der Waals surface area contributed by atoms with Gasteiger partial charge in [-0.1, -0.05) is 218 Å². The Morgan fingerprint density at radius 2 is 0.841 bits per heavy atom. The summed E-state index contributed by atoms with van der Waals surface area (Å²) in [6.45, 7) is 0. The minimum absolute atomic E-state index is 0.625. The first-order valence-corrected chi connectivity index (χ1v) is 23.7. The number of anilines is 3. The second-order valence-corrected chi connectivity index (χ2v) is 18.0. The molecule has 324 valence electrons. The number of nitrogens with zero attached hydrogens (tertiary/aromatic N) is 1. The van der Waals surface area contributed by atoms with Crippen molar-refractivity contribution in [2.24, 2.45) is 0 Å². The van der Waals surface area contributed by atoms with Gasteiger partial charge in [0.15, 0.2) is 0 Å². The molecule has 13 rings (SSSR count). The van der Waals surface area contributed by atoms with Crippen molar-refractivity contribution >= 4 is 39.0 Å². The van der Waals surface area contributed by atoms with Gasteiger partial charge in [-0.15, -0.1) is 0 Å². The lowest BCUT2D eigenvalue weighted by molar-refractivity contribution is 0.670. The van der Waals surface area contributed by atoms with Crippen LogP contribution in [-0.2, 0) is 5.41 Å². The van der Waals surface area contributed by atoms with E-state index in [2.05, 4.69) is 278 Å². The smallest absolute Gasteiger partial charge is 0.143 e.